The maximum atomic E-state index is 6.24. The number of benzene rings is 1. The summed E-state index contributed by atoms with van der Waals surface area (Å²) in [7, 11) is 0. The lowest BCUT2D eigenvalue weighted by molar-refractivity contribution is 0.468. The quantitative estimate of drug-likeness (QED) is 0.896. The molecular weight excluding hydrogens is 222 g/mol. The maximum absolute atomic E-state index is 6.24. The lowest BCUT2D eigenvalue weighted by atomic mass is 10.0. The monoisotopic (exact) mass is 243 g/mol. The number of rotatable bonds is 4. The highest BCUT2D eigenvalue weighted by molar-refractivity contribution is 5.21. The third-order valence-corrected chi connectivity index (χ3v) is 3.46. The molecule has 0 bridgehead atoms. The van der Waals surface area contributed by atoms with Gasteiger partial charge in [-0.15, -0.1) is 0 Å². The first kappa shape index (κ1) is 12.8. The molecule has 1 aromatic heterocycles. The van der Waals surface area contributed by atoms with Gasteiger partial charge in [-0.1, -0.05) is 44.2 Å². The fourth-order valence-corrected chi connectivity index (χ4v) is 2.13. The number of nitrogens with zero attached hydrogens (tertiary/aromatic N) is 2. The van der Waals surface area contributed by atoms with Crippen LogP contribution >= 0.6 is 0 Å². The van der Waals surface area contributed by atoms with Crippen molar-refractivity contribution in [2.45, 2.75) is 32.9 Å². The van der Waals surface area contributed by atoms with E-state index in [1.165, 1.54) is 5.56 Å². The van der Waals surface area contributed by atoms with Crippen LogP contribution in [0.15, 0.2) is 42.9 Å². The highest BCUT2D eigenvalue weighted by atomic mass is 15.1. The first-order valence-corrected chi connectivity index (χ1v) is 6.43. The Kier molecular flexibility index (Phi) is 3.82. The van der Waals surface area contributed by atoms with Gasteiger partial charge in [0.15, 0.2) is 0 Å². The molecule has 3 heteroatoms. The third kappa shape index (κ3) is 2.46. The minimum absolute atomic E-state index is 0.0265. The Morgan fingerprint density at radius 3 is 2.39 bits per heavy atom. The van der Waals surface area contributed by atoms with Crippen molar-refractivity contribution in [2.75, 3.05) is 0 Å². The van der Waals surface area contributed by atoms with Crippen LogP contribution < -0.4 is 5.73 Å². The highest BCUT2D eigenvalue weighted by Gasteiger charge is 2.18. The zero-order valence-electron chi connectivity index (χ0n) is 11.2. The smallest absolute Gasteiger partial charge is 0.0954 e. The minimum atomic E-state index is 0.0265. The Morgan fingerprint density at radius 2 is 1.78 bits per heavy atom. The molecule has 2 atom stereocenters. The highest BCUT2D eigenvalue weighted by Crippen LogP contribution is 2.25. The van der Waals surface area contributed by atoms with Crippen molar-refractivity contribution in [1.29, 1.82) is 0 Å². The predicted molar refractivity (Wildman–Crippen MR) is 74.2 cm³/mol. The van der Waals surface area contributed by atoms with Crippen LogP contribution in [0, 0.1) is 5.92 Å². The normalized spacial score (nSPS) is 14.7. The molecule has 2 aromatic rings. The summed E-state index contributed by atoms with van der Waals surface area (Å²) >= 11 is 0. The molecule has 3 nitrogen and oxygen atoms in total. The number of hydrogen-bond acceptors (Lipinski definition) is 2. The standard InChI is InChI=1S/C15H21N3/c1-11(2)15(16)14-9-17-10-18(14)12(3)13-7-5-4-6-8-13/h4-12,15H,16H2,1-3H3. The van der Waals surface area contributed by atoms with E-state index in [4.69, 9.17) is 5.73 Å². The van der Waals surface area contributed by atoms with E-state index in [0.717, 1.165) is 5.69 Å². The summed E-state index contributed by atoms with van der Waals surface area (Å²) in [5.41, 5.74) is 8.61. The number of hydrogen-bond donors (Lipinski definition) is 1. The molecule has 2 rings (SSSR count). The van der Waals surface area contributed by atoms with Crippen LogP contribution in [0.3, 0.4) is 0 Å². The number of aromatic nitrogens is 2. The van der Waals surface area contributed by atoms with Gasteiger partial charge < -0.3 is 10.3 Å². The van der Waals surface area contributed by atoms with Crippen molar-refractivity contribution in [3.8, 4) is 0 Å². The molecule has 0 aliphatic heterocycles. The van der Waals surface area contributed by atoms with Gasteiger partial charge >= 0.3 is 0 Å². The Bertz CT molecular complexity index is 487. The Morgan fingerprint density at radius 1 is 1.11 bits per heavy atom. The summed E-state index contributed by atoms with van der Waals surface area (Å²) in [6.07, 6.45) is 3.75. The number of imidazole rings is 1. The van der Waals surface area contributed by atoms with E-state index in [9.17, 15) is 0 Å². The average Bonchev–Trinajstić information content (AvgIpc) is 2.87. The van der Waals surface area contributed by atoms with E-state index in [2.05, 4.69) is 54.6 Å². The van der Waals surface area contributed by atoms with Crippen LogP contribution in [-0.4, -0.2) is 9.55 Å². The van der Waals surface area contributed by atoms with Gasteiger partial charge in [0.05, 0.1) is 18.1 Å². The third-order valence-electron chi connectivity index (χ3n) is 3.46. The van der Waals surface area contributed by atoms with Crippen molar-refractivity contribution in [1.82, 2.24) is 9.55 Å². The van der Waals surface area contributed by atoms with Crippen molar-refractivity contribution >= 4 is 0 Å². The Labute approximate surface area is 109 Å². The van der Waals surface area contributed by atoms with Crippen LogP contribution in [0.25, 0.3) is 0 Å². The van der Waals surface area contributed by atoms with Crippen LogP contribution in [0.4, 0.5) is 0 Å². The first-order chi connectivity index (χ1) is 8.61. The SMILES string of the molecule is CC(C)C(N)c1cncn1C(C)c1ccccc1. The Balaban J connectivity index is 2.32. The van der Waals surface area contributed by atoms with Crippen LogP contribution in [-0.2, 0) is 0 Å². The van der Waals surface area contributed by atoms with Crippen LogP contribution in [0.1, 0.15) is 44.1 Å². The molecule has 0 radical (unpaired) electrons. The summed E-state index contributed by atoms with van der Waals surface area (Å²) in [6, 6.07) is 10.7. The second kappa shape index (κ2) is 5.36. The van der Waals surface area contributed by atoms with Gasteiger partial charge in [0.1, 0.15) is 0 Å². The van der Waals surface area contributed by atoms with Gasteiger partial charge in [-0.3, -0.25) is 0 Å². The second-order valence-corrected chi connectivity index (χ2v) is 5.08. The van der Waals surface area contributed by atoms with E-state index in [-0.39, 0.29) is 12.1 Å². The summed E-state index contributed by atoms with van der Waals surface area (Å²) in [5, 5.41) is 0. The summed E-state index contributed by atoms with van der Waals surface area (Å²) in [4.78, 5) is 4.26. The molecule has 18 heavy (non-hydrogen) atoms. The topological polar surface area (TPSA) is 43.8 Å². The van der Waals surface area contributed by atoms with Gasteiger partial charge in [-0.2, -0.15) is 0 Å². The van der Waals surface area contributed by atoms with E-state index in [0.29, 0.717) is 5.92 Å². The average molecular weight is 243 g/mol. The maximum Gasteiger partial charge on any atom is 0.0954 e. The molecule has 0 fully saturated rings. The molecule has 0 aliphatic carbocycles. The zero-order chi connectivity index (χ0) is 13.1. The number of nitrogens with two attached hydrogens (primary N) is 1. The van der Waals surface area contributed by atoms with E-state index < -0.39 is 0 Å². The van der Waals surface area contributed by atoms with Crippen LogP contribution in [0.2, 0.25) is 0 Å². The van der Waals surface area contributed by atoms with Crippen molar-refractivity contribution < 1.29 is 0 Å². The lowest BCUT2D eigenvalue weighted by Gasteiger charge is -2.22. The Hall–Kier alpha value is -1.61. The van der Waals surface area contributed by atoms with E-state index >= 15 is 0 Å². The van der Waals surface area contributed by atoms with Gasteiger partial charge in [-0.05, 0) is 18.4 Å². The van der Waals surface area contributed by atoms with Gasteiger partial charge in [0.25, 0.3) is 0 Å². The minimum Gasteiger partial charge on any atom is -0.326 e. The fourth-order valence-electron chi connectivity index (χ4n) is 2.13. The van der Waals surface area contributed by atoms with Gasteiger partial charge in [-0.25, -0.2) is 4.98 Å². The summed E-state index contributed by atoms with van der Waals surface area (Å²) in [6.45, 7) is 6.44. The second-order valence-electron chi connectivity index (χ2n) is 5.08. The van der Waals surface area contributed by atoms with Crippen molar-refractivity contribution in [3.05, 3.63) is 54.1 Å². The molecule has 0 aliphatic rings. The van der Waals surface area contributed by atoms with Crippen molar-refractivity contribution in [2.24, 2.45) is 11.7 Å². The van der Waals surface area contributed by atoms with Crippen molar-refractivity contribution in [3.63, 3.8) is 0 Å². The molecule has 1 heterocycles. The zero-order valence-corrected chi connectivity index (χ0v) is 11.2. The van der Waals surface area contributed by atoms with Gasteiger partial charge in [0.2, 0.25) is 0 Å². The lowest BCUT2D eigenvalue weighted by Crippen LogP contribution is -2.22. The summed E-state index contributed by atoms with van der Waals surface area (Å²) in [5.74, 6) is 0.406. The largest absolute Gasteiger partial charge is 0.326 e. The molecule has 96 valence electrons. The molecule has 0 saturated heterocycles. The molecule has 0 spiro atoms. The van der Waals surface area contributed by atoms with Crippen LogP contribution in [0.5, 0.6) is 0 Å². The predicted octanol–water partition coefficient (Wildman–Crippen LogP) is 3.15. The molecule has 0 saturated carbocycles. The first-order valence-electron chi connectivity index (χ1n) is 6.43. The molecule has 2 unspecified atom stereocenters. The molecule has 2 N–H and O–H groups in total. The molecule has 1 aromatic carbocycles. The fraction of sp³-hybridized carbons (Fsp3) is 0.400. The molecular formula is C15H21N3. The van der Waals surface area contributed by atoms with E-state index in [1.54, 1.807) is 0 Å². The molecule has 0 amide bonds. The summed E-state index contributed by atoms with van der Waals surface area (Å²) < 4.78 is 2.17. The van der Waals surface area contributed by atoms with Gasteiger partial charge in [0, 0.05) is 12.2 Å². The van der Waals surface area contributed by atoms with E-state index in [1.807, 2.05) is 18.6 Å².